The molecule has 0 saturated heterocycles. The Morgan fingerprint density at radius 1 is 1.12 bits per heavy atom. The molecule has 2 aliphatic carbocycles. The van der Waals surface area contributed by atoms with Crippen molar-refractivity contribution in [3.05, 3.63) is 56.2 Å². The Morgan fingerprint density at radius 2 is 1.64 bits per heavy atom. The Hall–Kier alpha value is -2.35. The van der Waals surface area contributed by atoms with Crippen molar-refractivity contribution in [2.75, 3.05) is 14.2 Å². The summed E-state index contributed by atoms with van der Waals surface area (Å²) in [4.78, 5) is 22.9. The topological polar surface area (TPSA) is 116 Å². The van der Waals surface area contributed by atoms with E-state index in [1.807, 2.05) is 36.8 Å². The summed E-state index contributed by atoms with van der Waals surface area (Å²) in [6, 6.07) is 1.86. The van der Waals surface area contributed by atoms with Crippen LogP contribution in [0.3, 0.4) is 0 Å². The van der Waals surface area contributed by atoms with Crippen LogP contribution in [-0.4, -0.2) is 26.2 Å². The summed E-state index contributed by atoms with van der Waals surface area (Å²) in [7, 11) is 2.40. The Labute approximate surface area is 157 Å². The van der Waals surface area contributed by atoms with Gasteiger partial charge in [0.1, 0.15) is 5.92 Å². The van der Waals surface area contributed by atoms with Gasteiger partial charge in [0.25, 0.3) is 0 Å². The van der Waals surface area contributed by atoms with Crippen LogP contribution < -0.4 is 0 Å². The maximum Gasteiger partial charge on any atom is 0.00506 e. The van der Waals surface area contributed by atoms with Gasteiger partial charge in [0.2, 0.25) is 0 Å². The van der Waals surface area contributed by atoms with Gasteiger partial charge in [0.15, 0.2) is 5.41 Å². The van der Waals surface area contributed by atoms with Gasteiger partial charge in [-0.15, -0.1) is 0 Å². The van der Waals surface area contributed by atoms with Crippen LogP contribution in [0.1, 0.15) is 6.42 Å². The Morgan fingerprint density at radius 3 is 1.96 bits per heavy atom. The molecule has 0 heterocycles. The number of carbonyl (C=O) groups excluding carboxylic acids is 2. The quantitative estimate of drug-likeness (QED) is 0.235. The number of esters is 2. The van der Waals surface area contributed by atoms with Gasteiger partial charge >= 0.3 is 34.5 Å². The molecule has 0 N–H and O–H groups in total. The second-order valence-electron chi connectivity index (χ2n) is 4.17. The first-order valence-corrected chi connectivity index (χ1v) is 6.44. The Bertz CT molecular complexity index is 569. The third-order valence-corrected chi connectivity index (χ3v) is 3.06. The fourth-order valence-corrected chi connectivity index (χ4v) is 1.96. The molecule has 8 heteroatoms. The largest absolute Gasteiger partial charge is 0.0767 e. The second-order valence-corrected chi connectivity index (χ2v) is 4.17. The second kappa shape index (κ2) is 16.5. The zero-order valence-electron chi connectivity index (χ0n) is 13.6. The maximum absolute atomic E-state index is 11.5. The van der Waals surface area contributed by atoms with Crippen molar-refractivity contribution in [3.8, 4) is 6.07 Å². The summed E-state index contributed by atoms with van der Waals surface area (Å²) in [6.45, 7) is 9.00. The molecule has 0 saturated carbocycles. The molecule has 0 aromatic heterocycles. The van der Waals surface area contributed by atoms with Crippen LogP contribution in [0.25, 0.3) is 0 Å². The standard InChI is InChI=1S/C10H11NO4.C5H5.2CO.Fe/c1-14-8(12)7-4-3-5-10(7,6-11)9(13)15-2;1-2-4-5-3-1;2*1-2;/h3-4,7H,5H2,1-2H3;1-5H;;;. The van der Waals surface area contributed by atoms with Crippen molar-refractivity contribution >= 4 is 11.9 Å². The van der Waals surface area contributed by atoms with Gasteiger partial charge in [-0.05, 0) is 6.42 Å². The number of methoxy groups -OCH3 is 2. The molecule has 0 bridgehead atoms. The normalized spacial score (nSPS) is 20.6. The zero-order chi connectivity index (χ0) is 19.0. The number of hydrogen-bond acceptors (Lipinski definition) is 5. The molecular weight excluding hydrogens is 370 g/mol. The van der Waals surface area contributed by atoms with Crippen LogP contribution in [-0.2, 0) is 45.4 Å². The first-order chi connectivity index (χ1) is 11.6. The van der Waals surface area contributed by atoms with E-state index in [9.17, 15) is 9.59 Å². The van der Waals surface area contributed by atoms with Gasteiger partial charge in [-0.25, -0.2) is 0 Å². The van der Waals surface area contributed by atoms with Gasteiger partial charge in [-0.3, -0.25) is 9.59 Å². The van der Waals surface area contributed by atoms with Crippen LogP contribution in [0.5, 0.6) is 0 Å². The molecule has 2 rings (SSSR count). The molecule has 0 amide bonds. The van der Waals surface area contributed by atoms with Crippen LogP contribution in [0.2, 0.25) is 0 Å². The van der Waals surface area contributed by atoms with Crippen molar-refractivity contribution in [2.24, 2.45) is 11.3 Å². The molecule has 0 fully saturated rings. The molecule has 1 radical (unpaired) electrons. The summed E-state index contributed by atoms with van der Waals surface area (Å²) in [5.74, 6) is -2.18. The summed E-state index contributed by atoms with van der Waals surface area (Å²) < 4.78 is 24.1. The number of allylic oxidation sites excluding steroid dienone is 5. The van der Waals surface area contributed by atoms with Gasteiger partial charge in [-0.2, -0.15) is 5.26 Å². The summed E-state index contributed by atoms with van der Waals surface area (Å²) in [6.07, 6.45) is 13.3. The fourth-order valence-electron chi connectivity index (χ4n) is 1.96. The summed E-state index contributed by atoms with van der Waals surface area (Å²) >= 11 is 0. The molecule has 25 heavy (non-hydrogen) atoms. The van der Waals surface area contributed by atoms with Crippen molar-refractivity contribution in [1.29, 1.82) is 5.26 Å². The smallest absolute Gasteiger partial charge is 0.00506 e. The van der Waals surface area contributed by atoms with Gasteiger partial charge in [0.05, 0.1) is 20.3 Å². The number of rotatable bonds is 2. The molecule has 0 aliphatic heterocycles. The molecule has 2 aliphatic rings. The number of nitrogens with zero attached hydrogens (tertiary/aromatic N) is 1. The number of hydrogen-bond donors (Lipinski definition) is 0. The van der Waals surface area contributed by atoms with E-state index in [1.54, 1.807) is 6.08 Å². The van der Waals surface area contributed by atoms with E-state index >= 15 is 0 Å². The minimum Gasteiger partial charge on any atom is -0.0767 e. The summed E-state index contributed by atoms with van der Waals surface area (Å²) in [5.41, 5.74) is -1.46. The molecule has 133 valence electrons. The molecule has 7 nitrogen and oxygen atoms in total. The van der Waals surface area contributed by atoms with E-state index in [1.165, 1.54) is 20.3 Å². The average Bonchev–Trinajstić information content (AvgIpc) is 3.36. The van der Waals surface area contributed by atoms with E-state index in [2.05, 4.69) is 22.8 Å². The monoisotopic (exact) mass is 386 g/mol. The number of carbonyl (C=O) groups is 2. The van der Waals surface area contributed by atoms with Crippen LogP contribution >= 0.6 is 0 Å². The van der Waals surface area contributed by atoms with Gasteiger partial charge in [-0.1, -0.05) is 36.5 Å². The van der Waals surface area contributed by atoms with Crippen molar-refractivity contribution in [1.82, 2.24) is 0 Å². The third-order valence-electron chi connectivity index (χ3n) is 3.06. The predicted octanol–water partition coefficient (Wildman–Crippen LogP) is 1.66. The van der Waals surface area contributed by atoms with E-state index < -0.39 is 23.3 Å². The first-order valence-electron chi connectivity index (χ1n) is 6.44. The third kappa shape index (κ3) is 7.84. The average molecular weight is 386 g/mol. The molecule has 0 aromatic carbocycles. The van der Waals surface area contributed by atoms with Crippen molar-refractivity contribution < 1.29 is 45.4 Å². The van der Waals surface area contributed by atoms with Gasteiger partial charge < -0.3 is 9.47 Å². The zero-order valence-corrected chi connectivity index (χ0v) is 14.7. The Balaban J connectivity index is -0.000000404. The van der Waals surface area contributed by atoms with Crippen LogP contribution in [0.15, 0.2) is 36.5 Å². The van der Waals surface area contributed by atoms with E-state index in [0.29, 0.717) is 0 Å². The molecule has 0 spiro atoms. The minimum absolute atomic E-state index is 0. The first kappa shape index (κ1) is 27.5. The Kier molecular flexibility index (Phi) is 18.2. The molecule has 2 atom stereocenters. The summed E-state index contributed by atoms with van der Waals surface area (Å²) in [5, 5.41) is 9.03. The maximum atomic E-state index is 11.5. The van der Waals surface area contributed by atoms with Crippen molar-refractivity contribution in [3.63, 3.8) is 0 Å². The molecule has 2 unspecified atom stereocenters. The number of nitriles is 1. The van der Waals surface area contributed by atoms with Crippen LogP contribution in [0.4, 0.5) is 0 Å². The molecule has 0 aromatic rings. The van der Waals surface area contributed by atoms with Gasteiger partial charge in [0, 0.05) is 23.5 Å². The SMILES string of the molecule is COC(=O)C1C=CCC1(C#N)C(=O)OC.[C-]#[O+].[C-]#[O+].[CH]1C=CC=C1.[Fe]. The van der Waals surface area contributed by atoms with E-state index in [0.717, 1.165) is 0 Å². The number of ether oxygens (including phenoxy) is 2. The van der Waals surface area contributed by atoms with Crippen LogP contribution in [0, 0.1) is 42.4 Å². The minimum atomic E-state index is -1.46. The van der Waals surface area contributed by atoms with E-state index in [4.69, 9.17) is 14.6 Å². The molecular formula is C17H16FeNO6. The fraction of sp³-hybridized carbons (Fsp3) is 0.294. The van der Waals surface area contributed by atoms with E-state index in [-0.39, 0.29) is 23.5 Å². The predicted molar refractivity (Wildman–Crippen MR) is 79.8 cm³/mol. The van der Waals surface area contributed by atoms with Crippen molar-refractivity contribution in [2.45, 2.75) is 6.42 Å².